The molecule has 152 valence electrons. The monoisotopic (exact) mass is 365 g/mol. The lowest BCUT2D eigenvalue weighted by Gasteiger charge is -2.36. The van der Waals surface area contributed by atoms with Crippen LogP contribution < -0.4 is 0 Å². The molecule has 3 nitrogen and oxygen atoms in total. The Morgan fingerprint density at radius 1 is 0.769 bits per heavy atom. The summed E-state index contributed by atoms with van der Waals surface area (Å²) in [7, 11) is 0. The van der Waals surface area contributed by atoms with Gasteiger partial charge in [-0.15, -0.1) is 0 Å². The van der Waals surface area contributed by atoms with Gasteiger partial charge >= 0.3 is 0 Å². The number of allylic oxidation sites excluding steroid dienone is 1. The zero-order chi connectivity index (χ0) is 19.4. The molecule has 0 aliphatic carbocycles. The van der Waals surface area contributed by atoms with Crippen LogP contribution in [0.15, 0.2) is 11.3 Å². The molecule has 0 fully saturated rings. The molecule has 1 rings (SSSR count). The van der Waals surface area contributed by atoms with Gasteiger partial charge in [0.1, 0.15) is 0 Å². The van der Waals surface area contributed by atoms with E-state index >= 15 is 0 Å². The molecule has 3 heteroatoms. The van der Waals surface area contributed by atoms with E-state index in [9.17, 15) is 9.90 Å². The molecule has 1 aliphatic heterocycles. The van der Waals surface area contributed by atoms with Crippen LogP contribution in [-0.2, 0) is 4.79 Å². The second-order valence-electron chi connectivity index (χ2n) is 7.95. The Balaban J connectivity index is 3.05. The lowest BCUT2D eigenvalue weighted by Crippen LogP contribution is -2.50. The molecular weight excluding hydrogens is 322 g/mol. The fourth-order valence-electron chi connectivity index (χ4n) is 4.01. The minimum absolute atomic E-state index is 0.0152. The van der Waals surface area contributed by atoms with E-state index in [1.165, 1.54) is 37.8 Å². The predicted molar refractivity (Wildman–Crippen MR) is 111 cm³/mol. The molecular formula is C23H43NO2. The second kappa shape index (κ2) is 12.5. The summed E-state index contributed by atoms with van der Waals surface area (Å²) in [5.41, 5.74) is 0.844. The topological polar surface area (TPSA) is 40.5 Å². The highest BCUT2D eigenvalue weighted by molar-refractivity contribution is 6.04. The maximum atomic E-state index is 13.2. The summed E-state index contributed by atoms with van der Waals surface area (Å²) in [6.07, 6.45) is 14.5. The van der Waals surface area contributed by atoms with Crippen molar-refractivity contribution in [1.82, 2.24) is 4.90 Å². The fourth-order valence-corrected chi connectivity index (χ4v) is 4.01. The van der Waals surface area contributed by atoms with E-state index in [4.69, 9.17) is 0 Å². The highest BCUT2D eigenvalue weighted by Gasteiger charge is 2.49. The minimum Gasteiger partial charge on any atom is -0.364 e. The maximum Gasteiger partial charge on any atom is 0.212 e. The fraction of sp³-hybridized carbons (Fsp3) is 0.870. The third-order valence-corrected chi connectivity index (χ3v) is 5.67. The highest BCUT2D eigenvalue weighted by atomic mass is 16.3. The first-order valence-electron chi connectivity index (χ1n) is 11.3. The van der Waals surface area contributed by atoms with Crippen LogP contribution in [0.1, 0.15) is 118 Å². The SMILES string of the molecule is CCCCCCN1C(CCCCC)=C(CCCC)C(=O)C1(O)CCCC. The second-order valence-corrected chi connectivity index (χ2v) is 7.95. The molecule has 0 bridgehead atoms. The van der Waals surface area contributed by atoms with Crippen molar-refractivity contribution in [2.24, 2.45) is 0 Å². The van der Waals surface area contributed by atoms with Crippen LogP contribution in [0.5, 0.6) is 0 Å². The van der Waals surface area contributed by atoms with Crippen molar-refractivity contribution < 1.29 is 9.90 Å². The van der Waals surface area contributed by atoms with E-state index in [1.54, 1.807) is 0 Å². The first kappa shape index (κ1) is 23.2. The Kier molecular flexibility index (Phi) is 11.2. The number of nitrogens with zero attached hydrogens (tertiary/aromatic N) is 1. The zero-order valence-corrected chi connectivity index (χ0v) is 17.9. The standard InChI is InChI=1S/C23H43NO2/c1-5-9-13-15-19-24-21(17-14-10-6-2)20(16-11-7-3)22(25)23(24,26)18-12-8-4/h26H,5-19H2,1-4H3. The highest BCUT2D eigenvalue weighted by Crippen LogP contribution is 2.40. The molecule has 1 atom stereocenters. The Labute approximate surface area is 162 Å². The van der Waals surface area contributed by atoms with Crippen LogP contribution in [-0.4, -0.2) is 28.1 Å². The Morgan fingerprint density at radius 2 is 1.38 bits per heavy atom. The van der Waals surface area contributed by atoms with E-state index in [0.717, 1.165) is 63.5 Å². The molecule has 1 N–H and O–H groups in total. The number of unbranched alkanes of at least 4 members (excludes halogenated alkanes) is 7. The van der Waals surface area contributed by atoms with Gasteiger partial charge in [-0.05, 0) is 38.5 Å². The van der Waals surface area contributed by atoms with Crippen LogP contribution in [0.3, 0.4) is 0 Å². The number of carbonyl (C=O) groups excluding carboxylic acids is 1. The summed E-state index contributed by atoms with van der Waals surface area (Å²) in [4.78, 5) is 15.4. The number of aliphatic hydroxyl groups is 1. The first-order chi connectivity index (χ1) is 12.6. The molecule has 1 heterocycles. The molecule has 0 aromatic heterocycles. The Hall–Kier alpha value is -0.830. The van der Waals surface area contributed by atoms with Gasteiger partial charge in [-0.2, -0.15) is 0 Å². The lowest BCUT2D eigenvalue weighted by atomic mass is 9.95. The maximum absolute atomic E-state index is 13.2. The third-order valence-electron chi connectivity index (χ3n) is 5.67. The van der Waals surface area contributed by atoms with Gasteiger partial charge in [0.15, 0.2) is 0 Å². The molecule has 1 aliphatic rings. The molecule has 0 radical (unpaired) electrons. The molecule has 0 amide bonds. The number of Topliss-reactive ketones (excluding diaryl/α,β-unsaturated/α-hetero) is 1. The first-order valence-corrected chi connectivity index (χ1v) is 11.3. The van der Waals surface area contributed by atoms with E-state index in [1.807, 2.05) is 0 Å². The smallest absolute Gasteiger partial charge is 0.212 e. The summed E-state index contributed by atoms with van der Waals surface area (Å²) < 4.78 is 0. The van der Waals surface area contributed by atoms with Gasteiger partial charge in [0.25, 0.3) is 0 Å². The molecule has 0 spiro atoms. The Morgan fingerprint density at radius 3 is 2.00 bits per heavy atom. The van der Waals surface area contributed by atoms with Crippen molar-refractivity contribution in [3.63, 3.8) is 0 Å². The van der Waals surface area contributed by atoms with Gasteiger partial charge < -0.3 is 10.0 Å². The van der Waals surface area contributed by atoms with Crippen LogP contribution in [0.4, 0.5) is 0 Å². The summed E-state index contributed by atoms with van der Waals surface area (Å²) in [6, 6.07) is 0. The molecule has 1 unspecified atom stereocenters. The summed E-state index contributed by atoms with van der Waals surface area (Å²) in [6.45, 7) is 9.55. The number of carbonyl (C=O) groups is 1. The van der Waals surface area contributed by atoms with Crippen LogP contribution in [0.2, 0.25) is 0 Å². The van der Waals surface area contributed by atoms with E-state index in [-0.39, 0.29) is 5.78 Å². The van der Waals surface area contributed by atoms with Gasteiger partial charge in [0.2, 0.25) is 11.5 Å². The molecule has 26 heavy (non-hydrogen) atoms. The van der Waals surface area contributed by atoms with Crippen molar-refractivity contribution in [2.45, 2.75) is 123 Å². The van der Waals surface area contributed by atoms with Gasteiger partial charge in [-0.1, -0.05) is 72.6 Å². The van der Waals surface area contributed by atoms with Crippen molar-refractivity contribution in [1.29, 1.82) is 0 Å². The lowest BCUT2D eigenvalue weighted by molar-refractivity contribution is -0.149. The van der Waals surface area contributed by atoms with Crippen LogP contribution in [0.25, 0.3) is 0 Å². The summed E-state index contributed by atoms with van der Waals surface area (Å²) >= 11 is 0. The van der Waals surface area contributed by atoms with Gasteiger partial charge in [-0.25, -0.2) is 0 Å². The number of hydrogen-bond donors (Lipinski definition) is 1. The number of rotatable bonds is 15. The van der Waals surface area contributed by atoms with Gasteiger partial charge in [0.05, 0.1) is 0 Å². The zero-order valence-electron chi connectivity index (χ0n) is 17.9. The average Bonchev–Trinajstić information content (AvgIpc) is 2.83. The third kappa shape index (κ3) is 6.11. The molecule has 0 aromatic carbocycles. The van der Waals surface area contributed by atoms with Gasteiger partial charge in [0, 0.05) is 24.2 Å². The number of hydrogen-bond acceptors (Lipinski definition) is 3. The largest absolute Gasteiger partial charge is 0.364 e. The predicted octanol–water partition coefficient (Wildman–Crippen LogP) is 6.35. The van der Waals surface area contributed by atoms with E-state index in [2.05, 4.69) is 32.6 Å². The van der Waals surface area contributed by atoms with Crippen molar-refractivity contribution in [3.8, 4) is 0 Å². The minimum atomic E-state index is -1.27. The Bertz CT molecular complexity index is 443. The summed E-state index contributed by atoms with van der Waals surface area (Å²) in [5, 5.41) is 11.4. The summed E-state index contributed by atoms with van der Waals surface area (Å²) in [5.74, 6) is 0.0152. The van der Waals surface area contributed by atoms with Crippen LogP contribution in [0, 0.1) is 0 Å². The van der Waals surface area contributed by atoms with Gasteiger partial charge in [-0.3, -0.25) is 4.79 Å². The molecule has 0 saturated carbocycles. The quantitative estimate of drug-likeness (QED) is 0.343. The van der Waals surface area contributed by atoms with Crippen molar-refractivity contribution >= 4 is 5.78 Å². The average molecular weight is 366 g/mol. The molecule has 0 aromatic rings. The number of ketones is 1. The normalized spacial score (nSPS) is 20.5. The van der Waals surface area contributed by atoms with Crippen LogP contribution >= 0.6 is 0 Å². The van der Waals surface area contributed by atoms with E-state index < -0.39 is 5.72 Å². The van der Waals surface area contributed by atoms with Crippen molar-refractivity contribution in [3.05, 3.63) is 11.3 Å². The van der Waals surface area contributed by atoms with E-state index in [0.29, 0.717) is 6.42 Å². The van der Waals surface area contributed by atoms with Crippen molar-refractivity contribution in [2.75, 3.05) is 6.54 Å². The molecule has 0 saturated heterocycles.